The van der Waals surface area contributed by atoms with Gasteiger partial charge in [0.25, 0.3) is 0 Å². The van der Waals surface area contributed by atoms with Crippen LogP contribution < -0.4 is 5.73 Å². The van der Waals surface area contributed by atoms with Crippen molar-refractivity contribution in [2.45, 2.75) is 6.04 Å². The quantitative estimate of drug-likeness (QED) is 0.839. The minimum Gasteiger partial charge on any atom is -0.368 e. The third-order valence-corrected chi connectivity index (χ3v) is 2.65. The van der Waals surface area contributed by atoms with E-state index in [1.54, 1.807) is 42.5 Å². The first-order chi connectivity index (χ1) is 9.18. The maximum Gasteiger partial charge on any atom is 0.246 e. The molecule has 0 fully saturated rings. The summed E-state index contributed by atoms with van der Waals surface area (Å²) >= 11 is 0. The minimum atomic E-state index is -0.805. The van der Waals surface area contributed by atoms with Crippen LogP contribution in [0.4, 0.5) is 4.39 Å². The summed E-state index contributed by atoms with van der Waals surface area (Å²) in [5.41, 5.74) is 6.33. The molecule has 0 aliphatic heterocycles. The van der Waals surface area contributed by atoms with E-state index >= 15 is 0 Å². The number of primary amides is 1. The van der Waals surface area contributed by atoms with Gasteiger partial charge in [0.2, 0.25) is 5.91 Å². The van der Waals surface area contributed by atoms with E-state index in [0.29, 0.717) is 11.1 Å². The molecule has 0 saturated carbocycles. The normalized spacial score (nSPS) is 12.5. The van der Waals surface area contributed by atoms with Crippen LogP contribution in [0.2, 0.25) is 0 Å². The standard InChI is InChI=1S/C15H13FN2O/c16-13-9-5-4-8-12(13)10-18-14(15(17)19)11-6-2-1-3-7-11/h1-10,14H,(H2,17,19). The number of carbonyl (C=O) groups excluding carboxylic acids is 1. The van der Waals surface area contributed by atoms with E-state index < -0.39 is 11.9 Å². The lowest BCUT2D eigenvalue weighted by molar-refractivity contribution is -0.119. The molecule has 2 aromatic carbocycles. The van der Waals surface area contributed by atoms with E-state index in [1.807, 2.05) is 6.07 Å². The van der Waals surface area contributed by atoms with Gasteiger partial charge in [0, 0.05) is 11.8 Å². The lowest BCUT2D eigenvalue weighted by atomic mass is 10.1. The average molecular weight is 256 g/mol. The molecule has 0 radical (unpaired) electrons. The second-order valence-electron chi connectivity index (χ2n) is 4.02. The van der Waals surface area contributed by atoms with Crippen LogP contribution in [-0.2, 0) is 4.79 Å². The third kappa shape index (κ3) is 3.25. The predicted molar refractivity (Wildman–Crippen MR) is 72.4 cm³/mol. The van der Waals surface area contributed by atoms with Crippen LogP contribution in [0.3, 0.4) is 0 Å². The zero-order valence-electron chi connectivity index (χ0n) is 10.2. The highest BCUT2D eigenvalue weighted by atomic mass is 19.1. The largest absolute Gasteiger partial charge is 0.368 e. The first-order valence-electron chi connectivity index (χ1n) is 5.80. The smallest absolute Gasteiger partial charge is 0.246 e. The van der Waals surface area contributed by atoms with Crippen LogP contribution in [0.25, 0.3) is 0 Å². The van der Waals surface area contributed by atoms with E-state index in [-0.39, 0.29) is 5.82 Å². The fourth-order valence-corrected chi connectivity index (χ4v) is 1.69. The Labute approximate surface area is 110 Å². The van der Waals surface area contributed by atoms with Crippen LogP contribution in [0.5, 0.6) is 0 Å². The molecule has 1 amide bonds. The first-order valence-corrected chi connectivity index (χ1v) is 5.80. The van der Waals surface area contributed by atoms with Crippen molar-refractivity contribution in [2.24, 2.45) is 10.7 Å². The summed E-state index contributed by atoms with van der Waals surface area (Å²) in [6, 6.07) is 14.4. The minimum absolute atomic E-state index is 0.324. The van der Waals surface area contributed by atoms with Gasteiger partial charge in [0.15, 0.2) is 6.04 Å². The zero-order chi connectivity index (χ0) is 13.7. The lowest BCUT2D eigenvalue weighted by Gasteiger charge is -2.08. The Bertz CT molecular complexity index is 596. The highest BCUT2D eigenvalue weighted by Gasteiger charge is 2.15. The molecule has 0 heterocycles. The molecule has 2 N–H and O–H groups in total. The number of carbonyl (C=O) groups is 1. The van der Waals surface area contributed by atoms with Crippen LogP contribution in [0, 0.1) is 5.82 Å². The van der Waals surface area contributed by atoms with Crippen molar-refractivity contribution in [1.82, 2.24) is 0 Å². The number of rotatable bonds is 4. The van der Waals surface area contributed by atoms with Crippen LogP contribution >= 0.6 is 0 Å². The Morgan fingerprint density at radius 1 is 1.11 bits per heavy atom. The number of hydrogen-bond donors (Lipinski definition) is 1. The van der Waals surface area contributed by atoms with E-state index in [4.69, 9.17) is 5.73 Å². The summed E-state index contributed by atoms with van der Waals surface area (Å²) in [7, 11) is 0. The van der Waals surface area contributed by atoms with Gasteiger partial charge < -0.3 is 5.73 Å². The maximum atomic E-state index is 13.4. The number of nitrogens with zero attached hydrogens (tertiary/aromatic N) is 1. The molecule has 2 aromatic rings. The molecule has 3 nitrogen and oxygen atoms in total. The zero-order valence-corrected chi connectivity index (χ0v) is 10.2. The topological polar surface area (TPSA) is 55.5 Å². The molecule has 19 heavy (non-hydrogen) atoms. The number of benzene rings is 2. The van der Waals surface area contributed by atoms with Crippen molar-refractivity contribution in [3.63, 3.8) is 0 Å². The summed E-state index contributed by atoms with van der Waals surface area (Å²) in [4.78, 5) is 15.5. The molecule has 0 spiro atoms. The molecule has 2 rings (SSSR count). The van der Waals surface area contributed by atoms with E-state index in [1.165, 1.54) is 12.3 Å². The van der Waals surface area contributed by atoms with Gasteiger partial charge in [-0.05, 0) is 11.6 Å². The van der Waals surface area contributed by atoms with E-state index in [0.717, 1.165) is 0 Å². The van der Waals surface area contributed by atoms with Crippen molar-refractivity contribution >= 4 is 12.1 Å². The van der Waals surface area contributed by atoms with Crippen LogP contribution in [0.1, 0.15) is 17.2 Å². The van der Waals surface area contributed by atoms with Gasteiger partial charge >= 0.3 is 0 Å². The molecule has 1 atom stereocenters. The highest BCUT2D eigenvalue weighted by Crippen LogP contribution is 2.16. The summed E-state index contributed by atoms with van der Waals surface area (Å²) < 4.78 is 13.4. The molecule has 0 aromatic heterocycles. The highest BCUT2D eigenvalue weighted by molar-refractivity contribution is 5.86. The number of aliphatic imine (C=N–C) groups is 1. The lowest BCUT2D eigenvalue weighted by Crippen LogP contribution is -2.20. The molecule has 0 aliphatic rings. The van der Waals surface area contributed by atoms with Gasteiger partial charge in [-0.2, -0.15) is 0 Å². The number of amides is 1. The summed E-state index contributed by atoms with van der Waals surface area (Å²) in [6.07, 6.45) is 1.33. The number of nitrogens with two attached hydrogens (primary N) is 1. The molecular weight excluding hydrogens is 243 g/mol. The van der Waals surface area contributed by atoms with Gasteiger partial charge in [0.05, 0.1) is 0 Å². The van der Waals surface area contributed by atoms with Crippen LogP contribution in [0.15, 0.2) is 59.6 Å². The Morgan fingerprint density at radius 3 is 2.37 bits per heavy atom. The average Bonchev–Trinajstić information content (AvgIpc) is 2.42. The first kappa shape index (κ1) is 13.0. The molecule has 0 saturated heterocycles. The van der Waals surface area contributed by atoms with Crippen molar-refractivity contribution < 1.29 is 9.18 Å². The maximum absolute atomic E-state index is 13.4. The number of halogens is 1. The van der Waals surface area contributed by atoms with E-state index in [9.17, 15) is 9.18 Å². The molecular formula is C15H13FN2O. The van der Waals surface area contributed by atoms with Gasteiger partial charge in [-0.15, -0.1) is 0 Å². The molecule has 0 bridgehead atoms. The van der Waals surface area contributed by atoms with Gasteiger partial charge in [-0.1, -0.05) is 48.5 Å². The van der Waals surface area contributed by atoms with E-state index in [2.05, 4.69) is 4.99 Å². The monoisotopic (exact) mass is 256 g/mol. The Balaban J connectivity index is 2.28. The second kappa shape index (κ2) is 5.91. The number of hydrogen-bond acceptors (Lipinski definition) is 2. The summed E-state index contributed by atoms with van der Waals surface area (Å²) in [5, 5.41) is 0. The van der Waals surface area contributed by atoms with Crippen molar-refractivity contribution in [3.05, 3.63) is 71.5 Å². The Hall–Kier alpha value is -2.49. The second-order valence-corrected chi connectivity index (χ2v) is 4.02. The SMILES string of the molecule is NC(=O)C(N=Cc1ccccc1F)c1ccccc1. The molecule has 0 aliphatic carbocycles. The Morgan fingerprint density at radius 2 is 1.74 bits per heavy atom. The third-order valence-electron chi connectivity index (χ3n) is 2.65. The predicted octanol–water partition coefficient (Wildman–Crippen LogP) is 2.47. The van der Waals surface area contributed by atoms with Gasteiger partial charge in [0.1, 0.15) is 5.82 Å². The summed E-state index contributed by atoms with van der Waals surface area (Å²) in [5.74, 6) is -0.957. The van der Waals surface area contributed by atoms with Gasteiger partial charge in [-0.3, -0.25) is 9.79 Å². The molecule has 4 heteroatoms. The van der Waals surface area contributed by atoms with Crippen molar-refractivity contribution in [1.29, 1.82) is 0 Å². The molecule has 96 valence electrons. The fourth-order valence-electron chi connectivity index (χ4n) is 1.69. The molecule has 1 unspecified atom stereocenters. The fraction of sp³-hybridized carbons (Fsp3) is 0.0667. The Kier molecular flexibility index (Phi) is 4.03. The van der Waals surface area contributed by atoms with Gasteiger partial charge in [-0.25, -0.2) is 4.39 Å². The van der Waals surface area contributed by atoms with Crippen LogP contribution in [-0.4, -0.2) is 12.1 Å². The summed E-state index contributed by atoms with van der Waals surface area (Å²) in [6.45, 7) is 0. The van der Waals surface area contributed by atoms with Crippen molar-refractivity contribution in [2.75, 3.05) is 0 Å². The van der Waals surface area contributed by atoms with Crippen molar-refractivity contribution in [3.8, 4) is 0 Å².